The monoisotopic (exact) mass is 381 g/mol. The molecule has 148 valence electrons. The van der Waals surface area contributed by atoms with Gasteiger partial charge in [-0.3, -0.25) is 9.59 Å². The number of methoxy groups -OCH3 is 1. The van der Waals surface area contributed by atoms with Crippen molar-refractivity contribution in [1.29, 1.82) is 0 Å². The highest BCUT2D eigenvalue weighted by Crippen LogP contribution is 2.38. The minimum absolute atomic E-state index is 0.179. The van der Waals surface area contributed by atoms with Gasteiger partial charge < -0.3 is 19.1 Å². The number of aromatic nitrogens is 1. The summed E-state index contributed by atoms with van der Waals surface area (Å²) in [5.74, 6) is 2.18. The summed E-state index contributed by atoms with van der Waals surface area (Å²) in [6, 6.07) is 8.31. The lowest BCUT2D eigenvalue weighted by molar-refractivity contribution is -0.148. The molecule has 6 nitrogen and oxygen atoms in total. The lowest BCUT2D eigenvalue weighted by atomic mass is 9.76. The molecule has 0 N–H and O–H groups in total. The van der Waals surface area contributed by atoms with Crippen LogP contribution in [0, 0.1) is 11.8 Å². The van der Waals surface area contributed by atoms with Crippen LogP contribution in [-0.4, -0.2) is 59.0 Å². The second-order valence-corrected chi connectivity index (χ2v) is 8.53. The van der Waals surface area contributed by atoms with Crippen molar-refractivity contribution < 1.29 is 14.3 Å². The number of fused-ring (bicyclic) bond motifs is 5. The van der Waals surface area contributed by atoms with Crippen LogP contribution in [0.25, 0.3) is 10.9 Å². The van der Waals surface area contributed by atoms with Gasteiger partial charge in [0.1, 0.15) is 12.3 Å². The molecular weight excluding hydrogens is 354 g/mol. The Morgan fingerprint density at radius 2 is 2.11 bits per heavy atom. The highest BCUT2D eigenvalue weighted by molar-refractivity contribution is 5.84. The van der Waals surface area contributed by atoms with Gasteiger partial charge in [0.25, 0.3) is 0 Å². The van der Waals surface area contributed by atoms with E-state index in [4.69, 9.17) is 4.74 Å². The maximum Gasteiger partial charge on any atom is 0.242 e. The summed E-state index contributed by atoms with van der Waals surface area (Å²) in [6.45, 7) is 2.76. The molecule has 6 heteroatoms. The van der Waals surface area contributed by atoms with Crippen LogP contribution < -0.4 is 4.74 Å². The topological polar surface area (TPSA) is 54.8 Å². The molecule has 3 saturated heterocycles. The van der Waals surface area contributed by atoms with Crippen LogP contribution in [0.3, 0.4) is 0 Å². The fourth-order valence-corrected chi connectivity index (χ4v) is 5.50. The molecule has 2 amide bonds. The summed E-state index contributed by atoms with van der Waals surface area (Å²) in [5.41, 5.74) is 1.05. The molecule has 3 fully saturated rings. The molecule has 0 radical (unpaired) electrons. The SMILES string of the molecule is COc1ccc2c(ccn2CC(=O)N2C[C@H]3C[C@@H](C2)[C@@H]2CCCC(=O)N2C3)c1. The number of ether oxygens (including phenoxy) is 1. The van der Waals surface area contributed by atoms with E-state index in [1.807, 2.05) is 39.9 Å². The smallest absolute Gasteiger partial charge is 0.242 e. The van der Waals surface area contributed by atoms with Gasteiger partial charge in [0.15, 0.2) is 0 Å². The van der Waals surface area contributed by atoms with E-state index in [1.165, 1.54) is 0 Å². The van der Waals surface area contributed by atoms with Crippen molar-refractivity contribution in [2.45, 2.75) is 38.3 Å². The van der Waals surface area contributed by atoms with Crippen molar-refractivity contribution in [3.63, 3.8) is 0 Å². The zero-order chi connectivity index (χ0) is 19.3. The molecule has 0 aliphatic carbocycles. The zero-order valence-corrected chi connectivity index (χ0v) is 16.3. The van der Waals surface area contributed by atoms with Crippen molar-refractivity contribution in [2.75, 3.05) is 26.7 Å². The van der Waals surface area contributed by atoms with E-state index in [2.05, 4.69) is 4.90 Å². The van der Waals surface area contributed by atoms with Gasteiger partial charge in [0.2, 0.25) is 11.8 Å². The normalized spacial score (nSPS) is 27.0. The van der Waals surface area contributed by atoms with E-state index in [9.17, 15) is 9.59 Å². The summed E-state index contributed by atoms with van der Waals surface area (Å²) in [5, 5.41) is 1.08. The van der Waals surface area contributed by atoms with Gasteiger partial charge in [-0.15, -0.1) is 0 Å². The molecule has 3 aliphatic heterocycles. The van der Waals surface area contributed by atoms with Crippen molar-refractivity contribution in [2.24, 2.45) is 11.8 Å². The summed E-state index contributed by atoms with van der Waals surface area (Å²) < 4.78 is 7.31. The van der Waals surface area contributed by atoms with E-state index in [0.29, 0.717) is 36.8 Å². The first kappa shape index (κ1) is 17.6. The minimum Gasteiger partial charge on any atom is -0.497 e. The quantitative estimate of drug-likeness (QED) is 0.821. The average Bonchev–Trinajstić information content (AvgIpc) is 3.10. The Kier molecular flexibility index (Phi) is 4.29. The van der Waals surface area contributed by atoms with E-state index >= 15 is 0 Å². The van der Waals surface area contributed by atoms with Crippen LogP contribution in [0.1, 0.15) is 25.7 Å². The Morgan fingerprint density at radius 1 is 1.21 bits per heavy atom. The zero-order valence-electron chi connectivity index (χ0n) is 16.3. The fourth-order valence-electron chi connectivity index (χ4n) is 5.50. The molecule has 2 bridgehead atoms. The Balaban J connectivity index is 1.31. The fraction of sp³-hybridized carbons (Fsp3) is 0.545. The van der Waals surface area contributed by atoms with E-state index in [-0.39, 0.29) is 5.91 Å². The number of hydrogen-bond donors (Lipinski definition) is 0. The van der Waals surface area contributed by atoms with Crippen molar-refractivity contribution in [3.05, 3.63) is 30.5 Å². The molecule has 0 spiro atoms. The number of amides is 2. The Morgan fingerprint density at radius 3 is 2.96 bits per heavy atom. The van der Waals surface area contributed by atoms with Gasteiger partial charge in [0, 0.05) is 49.2 Å². The molecule has 2 aromatic rings. The number of likely N-dealkylation sites (tertiary alicyclic amines) is 1. The first-order chi connectivity index (χ1) is 13.6. The van der Waals surface area contributed by atoms with Crippen LogP contribution in [0.15, 0.2) is 30.5 Å². The standard InChI is InChI=1S/C22H27N3O3/c1-28-18-5-6-19-16(10-18)7-8-23(19)14-22(27)24-11-15-9-17(13-24)20-3-2-4-21(26)25(20)12-15/h5-8,10,15,17,20H,2-4,9,11-14H2,1H3/t15-,17+,20+/m1/s1. The van der Waals surface area contributed by atoms with Crippen LogP contribution in [0.2, 0.25) is 0 Å². The molecule has 3 aliphatic rings. The van der Waals surface area contributed by atoms with Crippen LogP contribution in [0.5, 0.6) is 5.75 Å². The number of benzene rings is 1. The van der Waals surface area contributed by atoms with Gasteiger partial charge in [-0.1, -0.05) is 0 Å². The van der Waals surface area contributed by atoms with Crippen molar-refractivity contribution in [1.82, 2.24) is 14.4 Å². The van der Waals surface area contributed by atoms with Crippen LogP contribution in [0.4, 0.5) is 0 Å². The number of rotatable bonds is 3. The second kappa shape index (κ2) is 6.83. The average molecular weight is 381 g/mol. The van der Waals surface area contributed by atoms with Crippen molar-refractivity contribution in [3.8, 4) is 5.75 Å². The number of piperidine rings is 3. The predicted molar refractivity (Wildman–Crippen MR) is 106 cm³/mol. The predicted octanol–water partition coefficient (Wildman–Crippen LogP) is 2.51. The van der Waals surface area contributed by atoms with Gasteiger partial charge in [0.05, 0.1) is 7.11 Å². The molecule has 4 heterocycles. The van der Waals surface area contributed by atoms with E-state index in [1.54, 1.807) is 7.11 Å². The van der Waals surface area contributed by atoms with Gasteiger partial charge in [-0.25, -0.2) is 0 Å². The van der Waals surface area contributed by atoms with E-state index < -0.39 is 0 Å². The highest BCUT2D eigenvalue weighted by Gasteiger charge is 2.44. The molecular formula is C22H27N3O3. The lowest BCUT2D eigenvalue weighted by Gasteiger charge is -2.52. The van der Waals surface area contributed by atoms with Crippen molar-refractivity contribution >= 4 is 22.7 Å². The third kappa shape index (κ3) is 2.95. The highest BCUT2D eigenvalue weighted by atomic mass is 16.5. The summed E-state index contributed by atoms with van der Waals surface area (Å²) >= 11 is 0. The first-order valence-electron chi connectivity index (χ1n) is 10.3. The third-order valence-electron chi connectivity index (χ3n) is 6.82. The molecule has 0 unspecified atom stereocenters. The molecule has 1 aromatic heterocycles. The largest absolute Gasteiger partial charge is 0.497 e. The van der Waals surface area contributed by atoms with E-state index in [0.717, 1.165) is 55.5 Å². The molecule has 1 aromatic carbocycles. The third-order valence-corrected chi connectivity index (χ3v) is 6.82. The Bertz CT molecular complexity index is 921. The molecule has 28 heavy (non-hydrogen) atoms. The summed E-state index contributed by atoms with van der Waals surface area (Å²) in [6.07, 6.45) is 5.92. The van der Waals surface area contributed by atoms with Gasteiger partial charge >= 0.3 is 0 Å². The number of hydrogen-bond acceptors (Lipinski definition) is 3. The first-order valence-corrected chi connectivity index (χ1v) is 10.3. The number of carbonyl (C=O) groups excluding carboxylic acids is 2. The van der Waals surface area contributed by atoms with Gasteiger partial charge in [-0.05, 0) is 55.4 Å². The van der Waals surface area contributed by atoms with Crippen LogP contribution >= 0.6 is 0 Å². The summed E-state index contributed by atoms with van der Waals surface area (Å²) in [7, 11) is 1.66. The molecule has 3 atom stereocenters. The molecule has 5 rings (SSSR count). The lowest BCUT2D eigenvalue weighted by Crippen LogP contribution is -2.61. The number of carbonyl (C=O) groups is 2. The second-order valence-electron chi connectivity index (χ2n) is 8.53. The Hall–Kier alpha value is -2.50. The van der Waals surface area contributed by atoms with Gasteiger partial charge in [-0.2, -0.15) is 0 Å². The number of nitrogens with zero attached hydrogens (tertiary/aromatic N) is 3. The maximum atomic E-state index is 13.1. The van der Waals surface area contributed by atoms with Crippen LogP contribution in [-0.2, 0) is 16.1 Å². The maximum absolute atomic E-state index is 13.1. The summed E-state index contributed by atoms with van der Waals surface area (Å²) in [4.78, 5) is 29.5. The Labute approximate surface area is 165 Å². The molecule has 0 saturated carbocycles. The minimum atomic E-state index is 0.179.